The SMILES string of the molecule is CCN1CCN(c2ccc(CNC(=NC)N3CCC(COC)C3)cc2F)CC1. The van der Waals surface area contributed by atoms with Gasteiger partial charge in [-0.3, -0.25) is 4.99 Å². The van der Waals surface area contributed by atoms with E-state index in [1.807, 2.05) is 12.1 Å². The van der Waals surface area contributed by atoms with Crippen molar-refractivity contribution in [2.75, 3.05) is 71.5 Å². The van der Waals surface area contributed by atoms with Crippen LogP contribution in [0.3, 0.4) is 0 Å². The van der Waals surface area contributed by atoms with Gasteiger partial charge < -0.3 is 24.8 Å². The lowest BCUT2D eigenvalue weighted by molar-refractivity contribution is 0.157. The molecular formula is C21H34FN5O. The zero-order valence-corrected chi connectivity index (χ0v) is 17.5. The third kappa shape index (κ3) is 5.14. The van der Waals surface area contributed by atoms with Gasteiger partial charge in [0.05, 0.1) is 12.3 Å². The molecule has 0 saturated carbocycles. The molecule has 2 saturated heterocycles. The fourth-order valence-electron chi connectivity index (χ4n) is 4.13. The summed E-state index contributed by atoms with van der Waals surface area (Å²) in [4.78, 5) is 11.2. The van der Waals surface area contributed by atoms with Crippen LogP contribution in [-0.4, -0.2) is 82.3 Å². The number of piperazine rings is 1. The van der Waals surface area contributed by atoms with Gasteiger partial charge in [0, 0.05) is 65.9 Å². The summed E-state index contributed by atoms with van der Waals surface area (Å²) >= 11 is 0. The molecule has 1 N–H and O–H groups in total. The van der Waals surface area contributed by atoms with E-state index in [4.69, 9.17) is 4.74 Å². The summed E-state index contributed by atoms with van der Waals surface area (Å²) in [5.74, 6) is 1.28. The molecule has 0 bridgehead atoms. The average Bonchev–Trinajstić information content (AvgIpc) is 3.17. The molecule has 1 aromatic rings. The van der Waals surface area contributed by atoms with Crippen molar-refractivity contribution < 1.29 is 9.13 Å². The summed E-state index contributed by atoms with van der Waals surface area (Å²) in [6.07, 6.45) is 1.11. The van der Waals surface area contributed by atoms with E-state index in [9.17, 15) is 4.39 Å². The van der Waals surface area contributed by atoms with Crippen LogP contribution < -0.4 is 10.2 Å². The molecule has 0 amide bonds. The summed E-state index contributed by atoms with van der Waals surface area (Å²) in [6, 6.07) is 5.59. The fourth-order valence-corrected chi connectivity index (χ4v) is 4.13. The van der Waals surface area contributed by atoms with Crippen molar-refractivity contribution in [1.29, 1.82) is 0 Å². The van der Waals surface area contributed by atoms with Gasteiger partial charge in [-0.15, -0.1) is 0 Å². The second kappa shape index (κ2) is 10.1. The first kappa shape index (κ1) is 20.9. The maximum atomic E-state index is 14.7. The predicted octanol–water partition coefficient (Wildman–Crippen LogP) is 2.01. The number of likely N-dealkylation sites (N-methyl/N-ethyl adjacent to an activating group) is 1. The minimum atomic E-state index is -0.138. The molecule has 2 aliphatic rings. The normalized spacial score (nSPS) is 21.4. The average molecular weight is 392 g/mol. The van der Waals surface area contributed by atoms with Crippen LogP contribution in [0.15, 0.2) is 23.2 Å². The molecule has 2 heterocycles. The van der Waals surface area contributed by atoms with Crippen LogP contribution in [0.2, 0.25) is 0 Å². The monoisotopic (exact) mass is 391 g/mol. The van der Waals surface area contributed by atoms with E-state index < -0.39 is 0 Å². The summed E-state index contributed by atoms with van der Waals surface area (Å²) < 4.78 is 20.0. The Morgan fingerprint density at radius 1 is 1.25 bits per heavy atom. The minimum absolute atomic E-state index is 0.138. The molecule has 1 atom stereocenters. The van der Waals surface area contributed by atoms with Crippen molar-refractivity contribution >= 4 is 11.6 Å². The number of methoxy groups -OCH3 is 1. The first-order valence-electron chi connectivity index (χ1n) is 10.3. The highest BCUT2D eigenvalue weighted by Crippen LogP contribution is 2.22. The topological polar surface area (TPSA) is 43.3 Å². The number of aliphatic imine (C=N–C) groups is 1. The third-order valence-electron chi connectivity index (χ3n) is 5.82. The fraction of sp³-hybridized carbons (Fsp3) is 0.667. The number of ether oxygens (including phenoxy) is 1. The molecule has 6 nitrogen and oxygen atoms in total. The van der Waals surface area contributed by atoms with Gasteiger partial charge in [0.15, 0.2) is 5.96 Å². The van der Waals surface area contributed by atoms with Crippen LogP contribution in [0.5, 0.6) is 0 Å². The number of likely N-dealkylation sites (tertiary alicyclic amines) is 1. The quantitative estimate of drug-likeness (QED) is 0.594. The van der Waals surface area contributed by atoms with E-state index >= 15 is 0 Å². The van der Waals surface area contributed by atoms with Gasteiger partial charge in [0.25, 0.3) is 0 Å². The van der Waals surface area contributed by atoms with Crippen LogP contribution in [0.25, 0.3) is 0 Å². The van der Waals surface area contributed by atoms with Gasteiger partial charge in [-0.25, -0.2) is 4.39 Å². The molecular weight excluding hydrogens is 357 g/mol. The molecule has 2 aliphatic heterocycles. The molecule has 3 rings (SSSR count). The second-order valence-corrected chi connectivity index (χ2v) is 7.66. The zero-order valence-electron chi connectivity index (χ0n) is 17.5. The van der Waals surface area contributed by atoms with Gasteiger partial charge in [-0.05, 0) is 30.7 Å². The first-order valence-corrected chi connectivity index (χ1v) is 10.3. The van der Waals surface area contributed by atoms with E-state index in [1.165, 1.54) is 0 Å². The highest BCUT2D eigenvalue weighted by atomic mass is 19.1. The van der Waals surface area contributed by atoms with Crippen LogP contribution >= 0.6 is 0 Å². The van der Waals surface area contributed by atoms with Gasteiger partial charge >= 0.3 is 0 Å². The Bertz CT molecular complexity index is 660. The highest BCUT2D eigenvalue weighted by Gasteiger charge is 2.24. The summed E-state index contributed by atoms with van der Waals surface area (Å²) in [5.41, 5.74) is 1.65. The first-order chi connectivity index (χ1) is 13.6. The second-order valence-electron chi connectivity index (χ2n) is 7.66. The molecule has 156 valence electrons. The lowest BCUT2D eigenvalue weighted by atomic mass is 10.1. The Balaban J connectivity index is 1.54. The molecule has 28 heavy (non-hydrogen) atoms. The standard InChI is InChI=1S/C21H34FN5O/c1-4-25-9-11-26(12-10-25)20-6-5-17(13-19(20)22)14-24-21(23-2)27-8-7-18(15-27)16-28-3/h5-6,13,18H,4,7-12,14-16H2,1-3H3,(H,23,24). The zero-order chi connectivity index (χ0) is 19.9. The van der Waals surface area contributed by atoms with Crippen molar-refractivity contribution in [3.05, 3.63) is 29.6 Å². The Hall–Kier alpha value is -1.86. The summed E-state index contributed by atoms with van der Waals surface area (Å²) in [5, 5.41) is 3.38. The number of hydrogen-bond donors (Lipinski definition) is 1. The van der Waals surface area contributed by atoms with E-state index in [0.717, 1.165) is 70.4 Å². The van der Waals surface area contributed by atoms with Gasteiger partial charge in [-0.2, -0.15) is 0 Å². The number of benzene rings is 1. The lowest BCUT2D eigenvalue weighted by Crippen LogP contribution is -2.46. The number of rotatable bonds is 6. The molecule has 1 unspecified atom stereocenters. The van der Waals surface area contributed by atoms with Gasteiger partial charge in [-0.1, -0.05) is 13.0 Å². The Kier molecular flexibility index (Phi) is 7.50. The molecule has 2 fully saturated rings. The van der Waals surface area contributed by atoms with Crippen LogP contribution in [0.4, 0.5) is 10.1 Å². The minimum Gasteiger partial charge on any atom is -0.384 e. The molecule has 0 radical (unpaired) electrons. The predicted molar refractivity (Wildman–Crippen MR) is 112 cm³/mol. The van der Waals surface area contributed by atoms with E-state index in [1.54, 1.807) is 20.2 Å². The van der Waals surface area contributed by atoms with Crippen molar-refractivity contribution in [2.24, 2.45) is 10.9 Å². The summed E-state index contributed by atoms with van der Waals surface area (Å²) in [6.45, 7) is 10.3. The molecule has 1 aromatic carbocycles. The third-order valence-corrected chi connectivity index (χ3v) is 5.82. The van der Waals surface area contributed by atoms with Crippen molar-refractivity contribution in [2.45, 2.75) is 19.9 Å². The highest BCUT2D eigenvalue weighted by molar-refractivity contribution is 5.80. The van der Waals surface area contributed by atoms with Crippen LogP contribution in [-0.2, 0) is 11.3 Å². The number of hydrogen-bond acceptors (Lipinski definition) is 4. The molecule has 0 aromatic heterocycles. The van der Waals surface area contributed by atoms with Gasteiger partial charge in [0.2, 0.25) is 0 Å². The lowest BCUT2D eigenvalue weighted by Gasteiger charge is -2.35. The van der Waals surface area contributed by atoms with Crippen molar-refractivity contribution in [3.8, 4) is 0 Å². The maximum Gasteiger partial charge on any atom is 0.193 e. The number of anilines is 1. The maximum absolute atomic E-state index is 14.7. The van der Waals surface area contributed by atoms with E-state index in [2.05, 4.69) is 31.9 Å². The number of nitrogens with zero attached hydrogens (tertiary/aromatic N) is 4. The largest absolute Gasteiger partial charge is 0.384 e. The Morgan fingerprint density at radius 2 is 2.04 bits per heavy atom. The number of guanidine groups is 1. The Morgan fingerprint density at radius 3 is 2.68 bits per heavy atom. The van der Waals surface area contributed by atoms with Crippen LogP contribution in [0, 0.1) is 11.7 Å². The number of nitrogens with one attached hydrogen (secondary N) is 1. The van der Waals surface area contributed by atoms with Crippen molar-refractivity contribution in [1.82, 2.24) is 15.1 Å². The molecule has 7 heteroatoms. The molecule has 0 spiro atoms. The van der Waals surface area contributed by atoms with Crippen molar-refractivity contribution in [3.63, 3.8) is 0 Å². The van der Waals surface area contributed by atoms with Gasteiger partial charge in [0.1, 0.15) is 5.82 Å². The van der Waals surface area contributed by atoms with E-state index in [-0.39, 0.29) is 5.82 Å². The number of halogens is 1. The molecule has 0 aliphatic carbocycles. The smallest absolute Gasteiger partial charge is 0.193 e. The van der Waals surface area contributed by atoms with E-state index in [0.29, 0.717) is 18.2 Å². The Labute approximate surface area is 168 Å². The summed E-state index contributed by atoms with van der Waals surface area (Å²) in [7, 11) is 3.54. The van der Waals surface area contributed by atoms with Crippen LogP contribution in [0.1, 0.15) is 18.9 Å².